The number of hydrogen-bond acceptors (Lipinski definition) is 4. The molecule has 1 aromatic heterocycles. The van der Waals surface area contributed by atoms with E-state index in [2.05, 4.69) is 29.6 Å². The molecule has 29 heavy (non-hydrogen) atoms. The third kappa shape index (κ3) is 6.65. The highest BCUT2D eigenvalue weighted by Gasteiger charge is 2.45. The minimum Gasteiger partial charge on any atom is -0.614 e. The number of hydrogen-bond donors (Lipinski definition) is 1. The summed E-state index contributed by atoms with van der Waals surface area (Å²) in [4.78, 5) is 25.4. The van der Waals surface area contributed by atoms with Crippen molar-refractivity contribution in [3.05, 3.63) is 60.1 Å². The lowest BCUT2D eigenvalue weighted by atomic mass is 10.1. The van der Waals surface area contributed by atoms with E-state index in [9.17, 15) is 14.1 Å². The van der Waals surface area contributed by atoms with Gasteiger partial charge in [-0.3, -0.25) is 14.5 Å². The maximum Gasteiger partial charge on any atom is 0.239 e. The van der Waals surface area contributed by atoms with E-state index in [1.165, 1.54) is 16.7 Å². The first-order chi connectivity index (χ1) is 14.1. The predicted molar refractivity (Wildman–Crippen MR) is 112 cm³/mol. The number of likely N-dealkylation sites (tertiary alicyclic amines) is 1. The molecule has 3 rings (SSSR count). The van der Waals surface area contributed by atoms with Crippen molar-refractivity contribution in [2.24, 2.45) is 0 Å². The quantitative estimate of drug-likeness (QED) is 0.327. The molecular weight excluding hydrogens is 388 g/mol. The molecule has 0 saturated carbocycles. The topological polar surface area (TPSA) is 85.6 Å². The van der Waals surface area contributed by atoms with Gasteiger partial charge in [-0.2, -0.15) is 0 Å². The monoisotopic (exact) mass is 416 g/mol. The van der Waals surface area contributed by atoms with Gasteiger partial charge in [0.25, 0.3) is 0 Å². The van der Waals surface area contributed by atoms with Gasteiger partial charge in [0.1, 0.15) is 6.54 Å². The number of unbranched alkanes of at least 4 members (excludes halogenated alkanes) is 3. The van der Waals surface area contributed by atoms with Crippen LogP contribution in [0.2, 0.25) is 0 Å². The summed E-state index contributed by atoms with van der Waals surface area (Å²) < 4.78 is 17.6. The van der Waals surface area contributed by atoms with Gasteiger partial charge in [0.2, 0.25) is 11.8 Å². The Kier molecular flexibility index (Phi) is 8.19. The Morgan fingerprint density at radius 1 is 1.14 bits per heavy atom. The minimum atomic E-state index is -1.27. The van der Waals surface area contributed by atoms with Crippen LogP contribution in [0, 0.1) is 0 Å². The number of β-lactam (4-membered cyclic amide) rings is 1. The number of carbonyl (C=O) groups is 2. The van der Waals surface area contributed by atoms with Gasteiger partial charge >= 0.3 is 0 Å². The molecule has 2 unspecified atom stereocenters. The van der Waals surface area contributed by atoms with Crippen molar-refractivity contribution in [1.29, 1.82) is 0 Å². The second kappa shape index (κ2) is 11.1. The fourth-order valence-electron chi connectivity index (χ4n) is 3.37. The molecule has 2 heterocycles. The van der Waals surface area contributed by atoms with Crippen molar-refractivity contribution < 1.29 is 18.6 Å². The Morgan fingerprint density at radius 2 is 1.93 bits per heavy atom. The van der Waals surface area contributed by atoms with Crippen LogP contribution in [0.3, 0.4) is 0 Å². The van der Waals surface area contributed by atoms with Crippen LogP contribution in [-0.2, 0) is 32.9 Å². The van der Waals surface area contributed by atoms with Crippen LogP contribution in [0.1, 0.15) is 43.4 Å². The van der Waals surface area contributed by atoms with Crippen molar-refractivity contribution in [3.63, 3.8) is 0 Å². The minimum absolute atomic E-state index is 0.0264. The Bertz CT molecular complexity index is 766. The van der Waals surface area contributed by atoms with Gasteiger partial charge < -0.3 is 14.3 Å². The molecule has 1 aromatic carbocycles. The molecule has 1 saturated heterocycles. The zero-order valence-corrected chi connectivity index (χ0v) is 17.4. The van der Waals surface area contributed by atoms with Crippen LogP contribution < -0.4 is 5.32 Å². The molecule has 1 aliphatic rings. The third-order valence-electron chi connectivity index (χ3n) is 5.06. The Labute approximate surface area is 174 Å². The summed E-state index contributed by atoms with van der Waals surface area (Å²) in [6.45, 7) is 0.577. The first-order valence-electron chi connectivity index (χ1n) is 10.1. The molecule has 156 valence electrons. The zero-order chi connectivity index (χ0) is 20.5. The van der Waals surface area contributed by atoms with Crippen LogP contribution in [-0.4, -0.2) is 39.7 Å². The normalized spacial score (nSPS) is 17.1. The van der Waals surface area contributed by atoms with Crippen molar-refractivity contribution in [3.8, 4) is 0 Å². The molecule has 6 nitrogen and oxygen atoms in total. The summed E-state index contributed by atoms with van der Waals surface area (Å²) >= 11 is -1.27. The molecule has 2 atom stereocenters. The van der Waals surface area contributed by atoms with Crippen LogP contribution >= 0.6 is 0 Å². The summed E-state index contributed by atoms with van der Waals surface area (Å²) in [5.74, 6) is 0.562. The second-order valence-corrected chi connectivity index (χ2v) is 8.88. The van der Waals surface area contributed by atoms with Gasteiger partial charge in [0.05, 0.1) is 12.7 Å². The van der Waals surface area contributed by atoms with Gasteiger partial charge in [-0.15, -0.1) is 0 Å². The maximum atomic E-state index is 12.4. The molecule has 1 fully saturated rings. The predicted octanol–water partition coefficient (Wildman–Crippen LogP) is 3.01. The van der Waals surface area contributed by atoms with Crippen LogP contribution in [0.5, 0.6) is 0 Å². The van der Waals surface area contributed by atoms with Crippen molar-refractivity contribution in [1.82, 2.24) is 10.2 Å². The molecule has 0 radical (unpaired) electrons. The molecule has 1 aliphatic heterocycles. The fraction of sp³-hybridized carbons (Fsp3) is 0.455. The lowest BCUT2D eigenvalue weighted by Gasteiger charge is -2.39. The maximum absolute atomic E-state index is 12.4. The molecular formula is C22H28N2O4S. The number of nitrogens with one attached hydrogen (secondary N) is 1. The highest BCUT2D eigenvalue weighted by Crippen LogP contribution is 2.26. The second-order valence-electron chi connectivity index (χ2n) is 7.28. The number of carbonyl (C=O) groups excluding carboxylic acids is 2. The Hall–Kier alpha value is -2.25. The van der Waals surface area contributed by atoms with Crippen molar-refractivity contribution >= 4 is 23.0 Å². The molecule has 7 heteroatoms. The number of benzene rings is 1. The number of nitrogens with zero attached hydrogens (tertiary/aromatic N) is 1. The van der Waals surface area contributed by atoms with E-state index in [-0.39, 0.29) is 30.5 Å². The van der Waals surface area contributed by atoms with E-state index in [1.54, 1.807) is 12.1 Å². The van der Waals surface area contributed by atoms with Crippen molar-refractivity contribution in [2.75, 3.05) is 13.1 Å². The molecule has 0 bridgehead atoms. The zero-order valence-electron chi connectivity index (χ0n) is 16.5. The van der Waals surface area contributed by atoms with Crippen LogP contribution in [0.25, 0.3) is 0 Å². The Morgan fingerprint density at radius 3 is 2.66 bits per heavy atom. The molecule has 0 spiro atoms. The van der Waals surface area contributed by atoms with E-state index in [0.29, 0.717) is 12.3 Å². The van der Waals surface area contributed by atoms with Gasteiger partial charge in [-0.1, -0.05) is 43.2 Å². The van der Waals surface area contributed by atoms with E-state index in [1.807, 2.05) is 6.07 Å². The standard InChI is InChI=1S/C22H28N2O4S/c25-20(23-13-7-2-1-4-9-18-10-5-3-6-11-18)16-24-21(26)15-22(24)29(27)17-19-12-8-14-28-19/h3,5-6,8,10-12,14,22H,1-2,4,7,9,13,15-17H2,(H,23,25). The first kappa shape index (κ1) is 21.5. The third-order valence-corrected chi connectivity index (χ3v) is 6.65. The lowest BCUT2D eigenvalue weighted by Crippen LogP contribution is -2.59. The Balaban J connectivity index is 1.27. The fourth-order valence-corrected chi connectivity index (χ4v) is 4.81. The van der Waals surface area contributed by atoms with Gasteiger partial charge in [-0.25, -0.2) is 0 Å². The first-order valence-corrected chi connectivity index (χ1v) is 11.5. The smallest absolute Gasteiger partial charge is 0.239 e. The van der Waals surface area contributed by atoms with Gasteiger partial charge in [0, 0.05) is 6.54 Å². The molecule has 2 amide bonds. The van der Waals surface area contributed by atoms with Gasteiger partial charge in [0.15, 0.2) is 16.9 Å². The lowest BCUT2D eigenvalue weighted by molar-refractivity contribution is -0.145. The SMILES string of the molecule is O=C(CN1C(=O)CC1[S+]([O-])Cc1ccco1)NCCCCCCc1ccccc1. The number of aryl methyl sites for hydroxylation is 1. The molecule has 2 aromatic rings. The van der Waals surface area contributed by atoms with Crippen molar-refractivity contribution in [2.45, 2.75) is 49.7 Å². The summed E-state index contributed by atoms with van der Waals surface area (Å²) in [6, 6.07) is 13.9. The number of furan rings is 1. The average Bonchev–Trinajstić information content (AvgIpc) is 3.23. The number of rotatable bonds is 12. The summed E-state index contributed by atoms with van der Waals surface area (Å²) in [7, 11) is 0. The highest BCUT2D eigenvalue weighted by atomic mass is 32.2. The van der Waals surface area contributed by atoms with E-state index >= 15 is 0 Å². The van der Waals surface area contributed by atoms with Crippen LogP contribution in [0.15, 0.2) is 53.1 Å². The van der Waals surface area contributed by atoms with Gasteiger partial charge in [-0.05, 0) is 48.1 Å². The average molecular weight is 417 g/mol. The molecule has 1 N–H and O–H groups in total. The summed E-state index contributed by atoms with van der Waals surface area (Å²) in [5.41, 5.74) is 1.36. The largest absolute Gasteiger partial charge is 0.614 e. The summed E-state index contributed by atoms with van der Waals surface area (Å²) in [6.07, 6.45) is 7.09. The summed E-state index contributed by atoms with van der Waals surface area (Å²) in [5, 5.41) is 2.46. The molecule has 0 aliphatic carbocycles. The highest BCUT2D eigenvalue weighted by molar-refractivity contribution is 7.91. The number of amides is 2. The van der Waals surface area contributed by atoms with E-state index < -0.39 is 16.5 Å². The van der Waals surface area contributed by atoms with E-state index in [4.69, 9.17) is 4.42 Å². The van der Waals surface area contributed by atoms with Crippen LogP contribution in [0.4, 0.5) is 0 Å². The van der Waals surface area contributed by atoms with E-state index in [0.717, 1.165) is 32.1 Å².